The van der Waals surface area contributed by atoms with Crippen LogP contribution in [0.15, 0.2) is 12.2 Å². The monoisotopic (exact) mass is 113 g/mol. The molecule has 0 N–H and O–H groups in total. The van der Waals surface area contributed by atoms with Crippen LogP contribution in [0, 0.1) is 6.92 Å². The lowest BCUT2D eigenvalue weighted by Gasteiger charge is -1.89. The van der Waals surface area contributed by atoms with E-state index in [-0.39, 0.29) is 5.97 Å². The highest BCUT2D eigenvalue weighted by molar-refractivity contribution is 5.70. The molecule has 0 aromatic carbocycles. The van der Waals surface area contributed by atoms with E-state index < -0.39 is 0 Å². The van der Waals surface area contributed by atoms with Gasteiger partial charge in [0.2, 0.25) is 0 Å². The molecule has 0 unspecified atom stereocenters. The van der Waals surface area contributed by atoms with Gasteiger partial charge in [-0.15, -0.1) is 0 Å². The Morgan fingerprint density at radius 1 is 1.88 bits per heavy atom. The van der Waals surface area contributed by atoms with Gasteiger partial charge in [-0.2, -0.15) is 0 Å². The van der Waals surface area contributed by atoms with Crippen molar-refractivity contribution < 1.29 is 9.53 Å². The highest BCUT2D eigenvalue weighted by Gasteiger charge is 1.91. The molecule has 0 aliphatic carbocycles. The van der Waals surface area contributed by atoms with Gasteiger partial charge in [-0.3, -0.25) is 4.79 Å². The van der Waals surface area contributed by atoms with Crippen molar-refractivity contribution in [3.63, 3.8) is 0 Å². The maximum Gasteiger partial charge on any atom is 0.309 e. The van der Waals surface area contributed by atoms with Gasteiger partial charge in [0.15, 0.2) is 0 Å². The minimum atomic E-state index is -0.232. The Labute approximate surface area is 49.1 Å². The van der Waals surface area contributed by atoms with Crippen LogP contribution in [0.4, 0.5) is 0 Å². The van der Waals surface area contributed by atoms with Gasteiger partial charge < -0.3 is 4.74 Å². The van der Waals surface area contributed by atoms with Crippen molar-refractivity contribution in [3.05, 3.63) is 19.1 Å². The first kappa shape index (κ1) is 7.21. The van der Waals surface area contributed by atoms with E-state index in [0.717, 1.165) is 0 Å². The van der Waals surface area contributed by atoms with Crippen LogP contribution in [0.3, 0.4) is 0 Å². The molecular formula is C6H9O2. The Kier molecular flexibility index (Phi) is 3.94. The Hall–Kier alpha value is -0.790. The highest BCUT2D eigenvalue weighted by atomic mass is 16.5. The smallest absolute Gasteiger partial charge is 0.309 e. The number of rotatable bonds is 2. The lowest BCUT2D eigenvalue weighted by Crippen LogP contribution is -1.96. The molecule has 2 nitrogen and oxygen atoms in total. The van der Waals surface area contributed by atoms with Crippen molar-refractivity contribution in [2.45, 2.75) is 6.42 Å². The van der Waals surface area contributed by atoms with Gasteiger partial charge in [-0.05, 0) is 6.92 Å². The second-order valence-corrected chi connectivity index (χ2v) is 1.25. The van der Waals surface area contributed by atoms with E-state index in [1.807, 2.05) is 0 Å². The van der Waals surface area contributed by atoms with Gasteiger partial charge in [0.25, 0.3) is 0 Å². The summed E-state index contributed by atoms with van der Waals surface area (Å²) in [6.45, 7) is 3.40. The lowest BCUT2D eigenvalue weighted by molar-refractivity contribution is -0.139. The molecular weight excluding hydrogens is 104 g/mol. The maximum absolute atomic E-state index is 10.3. The van der Waals surface area contributed by atoms with Crippen LogP contribution in [-0.2, 0) is 9.53 Å². The summed E-state index contributed by atoms with van der Waals surface area (Å²) in [4.78, 5) is 10.3. The SMILES string of the molecule is [CH2]C=CCC(=O)OC. The minimum Gasteiger partial charge on any atom is -0.469 e. The molecule has 0 aromatic rings. The third-order valence-electron chi connectivity index (χ3n) is 0.679. The zero-order valence-corrected chi connectivity index (χ0v) is 4.89. The second-order valence-electron chi connectivity index (χ2n) is 1.25. The fraction of sp³-hybridized carbons (Fsp3) is 0.333. The van der Waals surface area contributed by atoms with Gasteiger partial charge in [0, 0.05) is 0 Å². The van der Waals surface area contributed by atoms with E-state index in [4.69, 9.17) is 0 Å². The fourth-order valence-corrected chi connectivity index (χ4v) is 0.263. The van der Waals surface area contributed by atoms with E-state index >= 15 is 0 Å². The number of hydrogen-bond donors (Lipinski definition) is 0. The summed E-state index contributed by atoms with van der Waals surface area (Å²) in [5.41, 5.74) is 0. The molecule has 0 bridgehead atoms. The summed E-state index contributed by atoms with van der Waals surface area (Å²) in [6.07, 6.45) is 3.53. The van der Waals surface area contributed by atoms with E-state index in [9.17, 15) is 4.79 Å². The summed E-state index contributed by atoms with van der Waals surface area (Å²) in [5, 5.41) is 0. The predicted molar refractivity (Wildman–Crippen MR) is 31.1 cm³/mol. The average molecular weight is 113 g/mol. The molecule has 8 heavy (non-hydrogen) atoms. The number of allylic oxidation sites excluding steroid dienone is 1. The Balaban J connectivity index is 3.25. The van der Waals surface area contributed by atoms with E-state index in [1.165, 1.54) is 7.11 Å². The molecule has 0 saturated heterocycles. The van der Waals surface area contributed by atoms with Crippen LogP contribution in [0.1, 0.15) is 6.42 Å². The van der Waals surface area contributed by atoms with Gasteiger partial charge in [-0.1, -0.05) is 12.2 Å². The van der Waals surface area contributed by atoms with Crippen molar-refractivity contribution in [2.24, 2.45) is 0 Å². The van der Waals surface area contributed by atoms with Crippen LogP contribution in [-0.4, -0.2) is 13.1 Å². The zero-order chi connectivity index (χ0) is 6.41. The highest BCUT2D eigenvalue weighted by Crippen LogP contribution is 1.84. The third kappa shape index (κ3) is 3.40. The van der Waals surface area contributed by atoms with Crippen LogP contribution in [0.25, 0.3) is 0 Å². The van der Waals surface area contributed by atoms with Gasteiger partial charge in [0.1, 0.15) is 0 Å². The minimum absolute atomic E-state index is 0.232. The third-order valence-corrected chi connectivity index (χ3v) is 0.679. The van der Waals surface area contributed by atoms with Crippen LogP contribution < -0.4 is 0 Å². The molecule has 0 amide bonds. The van der Waals surface area contributed by atoms with E-state index in [1.54, 1.807) is 12.2 Å². The summed E-state index contributed by atoms with van der Waals surface area (Å²) < 4.78 is 4.33. The normalized spacial score (nSPS) is 9.75. The number of carbonyl (C=O) groups excluding carboxylic acids is 1. The van der Waals surface area contributed by atoms with Gasteiger partial charge in [0.05, 0.1) is 13.5 Å². The van der Waals surface area contributed by atoms with Crippen molar-refractivity contribution in [1.29, 1.82) is 0 Å². The van der Waals surface area contributed by atoms with Gasteiger partial charge >= 0.3 is 5.97 Å². The Morgan fingerprint density at radius 3 is 2.88 bits per heavy atom. The number of carbonyl (C=O) groups is 1. The number of ether oxygens (including phenoxy) is 1. The Bertz CT molecular complexity index is 94.7. The second kappa shape index (κ2) is 4.37. The lowest BCUT2D eigenvalue weighted by atomic mass is 10.4. The summed E-state index contributed by atoms with van der Waals surface area (Å²) in [6, 6.07) is 0. The molecule has 0 fully saturated rings. The predicted octanol–water partition coefficient (Wildman–Crippen LogP) is 0.940. The molecule has 0 spiro atoms. The van der Waals surface area contributed by atoms with Crippen molar-refractivity contribution >= 4 is 5.97 Å². The molecule has 0 saturated carbocycles. The van der Waals surface area contributed by atoms with Crippen molar-refractivity contribution in [1.82, 2.24) is 0 Å². The molecule has 0 aromatic heterocycles. The topological polar surface area (TPSA) is 26.3 Å². The summed E-state index contributed by atoms with van der Waals surface area (Å²) in [5.74, 6) is -0.232. The quantitative estimate of drug-likeness (QED) is 0.498. The fourth-order valence-electron chi connectivity index (χ4n) is 0.263. The van der Waals surface area contributed by atoms with E-state index in [2.05, 4.69) is 11.7 Å². The zero-order valence-electron chi connectivity index (χ0n) is 4.89. The molecule has 1 radical (unpaired) electrons. The molecule has 0 aliphatic heterocycles. The molecule has 0 aliphatic rings. The molecule has 0 rings (SSSR count). The molecule has 45 valence electrons. The van der Waals surface area contributed by atoms with Crippen molar-refractivity contribution in [3.8, 4) is 0 Å². The summed E-state index contributed by atoms with van der Waals surface area (Å²) in [7, 11) is 1.36. The van der Waals surface area contributed by atoms with E-state index in [0.29, 0.717) is 6.42 Å². The number of hydrogen-bond acceptors (Lipinski definition) is 2. The van der Waals surface area contributed by atoms with Crippen LogP contribution >= 0.6 is 0 Å². The van der Waals surface area contributed by atoms with Crippen LogP contribution in [0.2, 0.25) is 0 Å². The molecule has 2 heteroatoms. The van der Waals surface area contributed by atoms with Crippen LogP contribution in [0.5, 0.6) is 0 Å². The van der Waals surface area contributed by atoms with Gasteiger partial charge in [-0.25, -0.2) is 0 Å². The first-order valence-corrected chi connectivity index (χ1v) is 2.32. The average Bonchev–Trinajstić information content (AvgIpc) is 1.83. The first-order valence-electron chi connectivity index (χ1n) is 2.32. The molecule has 0 heterocycles. The Morgan fingerprint density at radius 2 is 2.50 bits per heavy atom. The standard InChI is InChI=1S/C6H9O2/c1-3-4-5-6(7)8-2/h3-4H,1,5H2,2H3. The summed E-state index contributed by atoms with van der Waals surface area (Å²) >= 11 is 0. The number of methoxy groups -OCH3 is 1. The first-order chi connectivity index (χ1) is 3.81. The number of esters is 1. The molecule has 0 atom stereocenters. The largest absolute Gasteiger partial charge is 0.469 e. The van der Waals surface area contributed by atoms with Crippen molar-refractivity contribution in [2.75, 3.05) is 7.11 Å². The maximum atomic E-state index is 10.3.